The van der Waals surface area contributed by atoms with Gasteiger partial charge in [-0.1, -0.05) is 12.8 Å². The van der Waals surface area contributed by atoms with Gasteiger partial charge in [0.15, 0.2) is 0 Å². The number of hydrogen-bond acceptors (Lipinski definition) is 5. The molecule has 0 amide bonds. The number of hydrogen-bond donors (Lipinski definition) is 2. The van der Waals surface area contributed by atoms with Crippen molar-refractivity contribution in [1.82, 2.24) is 10.3 Å². The van der Waals surface area contributed by atoms with E-state index in [0.29, 0.717) is 0 Å². The SMILES string of the molecule is NNC(Cc1ccco1)C1(N2CCOCC2)CCCC1. The number of ether oxygens (including phenoxy) is 1. The maximum atomic E-state index is 5.91. The molecule has 3 N–H and O–H groups in total. The molecule has 1 aliphatic carbocycles. The van der Waals surface area contributed by atoms with E-state index in [0.717, 1.165) is 38.5 Å². The topological polar surface area (TPSA) is 63.7 Å². The highest BCUT2D eigenvalue weighted by Gasteiger charge is 2.46. The van der Waals surface area contributed by atoms with Gasteiger partial charge in [0.05, 0.1) is 19.5 Å². The quantitative estimate of drug-likeness (QED) is 0.628. The van der Waals surface area contributed by atoms with Crippen LogP contribution >= 0.6 is 0 Å². The van der Waals surface area contributed by atoms with E-state index in [9.17, 15) is 0 Å². The minimum atomic E-state index is 0.158. The van der Waals surface area contributed by atoms with E-state index in [4.69, 9.17) is 15.0 Å². The van der Waals surface area contributed by atoms with Gasteiger partial charge in [-0.3, -0.25) is 16.2 Å². The first-order valence-corrected chi connectivity index (χ1v) is 7.66. The zero-order chi connectivity index (χ0) is 13.8. The van der Waals surface area contributed by atoms with Crippen LogP contribution in [-0.2, 0) is 11.2 Å². The standard InChI is InChI=1S/C15H25N3O2/c16-17-14(12-13-4-3-9-20-13)15(5-1-2-6-15)18-7-10-19-11-8-18/h3-4,9,14,17H,1-2,5-8,10-12,16H2. The summed E-state index contributed by atoms with van der Waals surface area (Å²) >= 11 is 0. The minimum Gasteiger partial charge on any atom is -0.469 e. The van der Waals surface area contributed by atoms with Crippen molar-refractivity contribution >= 4 is 0 Å². The third-order valence-electron chi connectivity index (χ3n) is 4.95. The van der Waals surface area contributed by atoms with Crippen LogP contribution in [-0.4, -0.2) is 42.8 Å². The van der Waals surface area contributed by atoms with Gasteiger partial charge in [-0.25, -0.2) is 0 Å². The molecule has 1 saturated heterocycles. The summed E-state index contributed by atoms with van der Waals surface area (Å²) in [5.74, 6) is 6.92. The molecule has 2 fully saturated rings. The van der Waals surface area contributed by atoms with E-state index >= 15 is 0 Å². The van der Waals surface area contributed by atoms with Crippen LogP contribution < -0.4 is 11.3 Å². The normalized spacial score (nSPS) is 24.9. The van der Waals surface area contributed by atoms with Gasteiger partial charge in [-0.05, 0) is 25.0 Å². The fourth-order valence-corrected chi connectivity index (χ4v) is 3.91. The lowest BCUT2D eigenvalue weighted by Crippen LogP contribution is -2.64. The van der Waals surface area contributed by atoms with Crippen molar-refractivity contribution in [1.29, 1.82) is 0 Å². The van der Waals surface area contributed by atoms with Crippen molar-refractivity contribution in [3.63, 3.8) is 0 Å². The zero-order valence-electron chi connectivity index (χ0n) is 12.0. The highest BCUT2D eigenvalue weighted by molar-refractivity contribution is 5.09. The molecule has 0 spiro atoms. The van der Waals surface area contributed by atoms with Crippen molar-refractivity contribution in [3.8, 4) is 0 Å². The van der Waals surface area contributed by atoms with Crippen molar-refractivity contribution in [2.45, 2.75) is 43.7 Å². The van der Waals surface area contributed by atoms with Crippen LogP contribution in [0.15, 0.2) is 22.8 Å². The van der Waals surface area contributed by atoms with Crippen molar-refractivity contribution < 1.29 is 9.15 Å². The summed E-state index contributed by atoms with van der Waals surface area (Å²) in [5.41, 5.74) is 3.24. The second-order valence-corrected chi connectivity index (χ2v) is 5.91. The number of rotatable bonds is 5. The lowest BCUT2D eigenvalue weighted by atomic mass is 9.83. The van der Waals surface area contributed by atoms with Gasteiger partial charge in [0.25, 0.3) is 0 Å². The van der Waals surface area contributed by atoms with Crippen LogP contribution in [0.2, 0.25) is 0 Å². The molecule has 5 heteroatoms. The maximum Gasteiger partial charge on any atom is 0.105 e. The van der Waals surface area contributed by atoms with Gasteiger partial charge in [-0.2, -0.15) is 0 Å². The zero-order valence-corrected chi connectivity index (χ0v) is 12.0. The summed E-state index contributed by atoms with van der Waals surface area (Å²) < 4.78 is 11.0. The Morgan fingerprint density at radius 2 is 2.05 bits per heavy atom. The number of furan rings is 1. The first-order valence-electron chi connectivity index (χ1n) is 7.66. The second-order valence-electron chi connectivity index (χ2n) is 5.91. The van der Waals surface area contributed by atoms with Crippen molar-refractivity contribution in [2.75, 3.05) is 26.3 Å². The summed E-state index contributed by atoms with van der Waals surface area (Å²) in [6.07, 6.45) is 7.58. The highest BCUT2D eigenvalue weighted by Crippen LogP contribution is 2.39. The Hall–Kier alpha value is -0.880. The summed E-state index contributed by atoms with van der Waals surface area (Å²) in [4.78, 5) is 2.59. The molecule has 1 unspecified atom stereocenters. The van der Waals surface area contributed by atoms with E-state index in [1.54, 1.807) is 6.26 Å². The molecule has 2 aliphatic rings. The number of hydrazine groups is 1. The third kappa shape index (κ3) is 2.63. The van der Waals surface area contributed by atoms with Gasteiger partial charge in [0.2, 0.25) is 0 Å². The molecule has 1 aliphatic heterocycles. The third-order valence-corrected chi connectivity index (χ3v) is 4.95. The molecule has 2 heterocycles. The molecule has 1 atom stereocenters. The fraction of sp³-hybridized carbons (Fsp3) is 0.733. The first-order chi connectivity index (χ1) is 9.85. The Morgan fingerprint density at radius 3 is 2.65 bits per heavy atom. The second kappa shape index (κ2) is 6.26. The summed E-state index contributed by atoms with van der Waals surface area (Å²) in [5, 5.41) is 0. The van der Waals surface area contributed by atoms with E-state index in [1.165, 1.54) is 25.7 Å². The van der Waals surface area contributed by atoms with Crippen LogP contribution in [0.5, 0.6) is 0 Å². The van der Waals surface area contributed by atoms with Gasteiger partial charge >= 0.3 is 0 Å². The molecule has 20 heavy (non-hydrogen) atoms. The van der Waals surface area contributed by atoms with E-state index < -0.39 is 0 Å². The highest BCUT2D eigenvalue weighted by atomic mass is 16.5. The van der Waals surface area contributed by atoms with Crippen LogP contribution in [0.3, 0.4) is 0 Å². The predicted octanol–water partition coefficient (Wildman–Crippen LogP) is 1.30. The summed E-state index contributed by atoms with van der Waals surface area (Å²) in [6.45, 7) is 3.69. The Bertz CT molecular complexity index is 395. The monoisotopic (exact) mass is 279 g/mol. The van der Waals surface area contributed by atoms with Crippen LogP contribution in [0.1, 0.15) is 31.4 Å². The lowest BCUT2D eigenvalue weighted by Gasteiger charge is -2.48. The molecule has 0 radical (unpaired) electrons. The van der Waals surface area contributed by atoms with Gasteiger partial charge < -0.3 is 9.15 Å². The summed E-state index contributed by atoms with van der Waals surface area (Å²) in [7, 11) is 0. The van der Waals surface area contributed by atoms with Crippen molar-refractivity contribution in [3.05, 3.63) is 24.2 Å². The molecular formula is C15H25N3O2. The summed E-state index contributed by atoms with van der Waals surface area (Å²) in [6, 6.07) is 4.21. The van der Waals surface area contributed by atoms with Gasteiger partial charge in [0, 0.05) is 31.1 Å². The van der Waals surface area contributed by atoms with E-state index in [1.807, 2.05) is 12.1 Å². The van der Waals surface area contributed by atoms with Crippen LogP contribution in [0.25, 0.3) is 0 Å². The number of nitrogens with zero attached hydrogens (tertiary/aromatic N) is 1. The first kappa shape index (κ1) is 14.1. The molecule has 5 nitrogen and oxygen atoms in total. The number of nitrogens with two attached hydrogens (primary N) is 1. The molecule has 0 aromatic carbocycles. The molecule has 1 aromatic rings. The smallest absolute Gasteiger partial charge is 0.105 e. The predicted molar refractivity (Wildman–Crippen MR) is 77.1 cm³/mol. The van der Waals surface area contributed by atoms with Crippen LogP contribution in [0, 0.1) is 0 Å². The number of morpholine rings is 1. The molecule has 0 bridgehead atoms. The number of nitrogens with one attached hydrogen (secondary N) is 1. The fourth-order valence-electron chi connectivity index (χ4n) is 3.91. The molecule has 3 rings (SSSR count). The van der Waals surface area contributed by atoms with Crippen molar-refractivity contribution in [2.24, 2.45) is 5.84 Å². The van der Waals surface area contributed by atoms with Gasteiger partial charge in [0.1, 0.15) is 5.76 Å². The molecule has 1 aromatic heterocycles. The van der Waals surface area contributed by atoms with Crippen LogP contribution in [0.4, 0.5) is 0 Å². The molecule has 112 valence electrons. The van der Waals surface area contributed by atoms with E-state index in [2.05, 4.69) is 10.3 Å². The van der Waals surface area contributed by atoms with Gasteiger partial charge in [-0.15, -0.1) is 0 Å². The Balaban J connectivity index is 1.79. The average Bonchev–Trinajstić information content (AvgIpc) is 3.18. The minimum absolute atomic E-state index is 0.158. The molecule has 1 saturated carbocycles. The average molecular weight is 279 g/mol. The van der Waals surface area contributed by atoms with E-state index in [-0.39, 0.29) is 11.6 Å². The Morgan fingerprint density at radius 1 is 1.30 bits per heavy atom. The lowest BCUT2D eigenvalue weighted by molar-refractivity contribution is -0.0363. The Labute approximate surface area is 120 Å². The largest absolute Gasteiger partial charge is 0.469 e. The maximum absolute atomic E-state index is 5.91. The molecular weight excluding hydrogens is 254 g/mol. The Kier molecular flexibility index (Phi) is 4.41.